The number of rotatable bonds is 7. The average molecular weight is 279 g/mol. The summed E-state index contributed by atoms with van der Waals surface area (Å²) in [5, 5.41) is 2.57. The summed E-state index contributed by atoms with van der Waals surface area (Å²) in [6.07, 6.45) is 0.192. The van der Waals surface area contributed by atoms with Gasteiger partial charge in [-0.1, -0.05) is 17.7 Å². The third kappa shape index (κ3) is 5.73. The molecule has 0 aliphatic carbocycles. The van der Waals surface area contributed by atoms with E-state index < -0.39 is 12.0 Å². The summed E-state index contributed by atoms with van der Waals surface area (Å²) in [7, 11) is 0. The van der Waals surface area contributed by atoms with Crippen LogP contribution in [0.2, 0.25) is 0 Å². The van der Waals surface area contributed by atoms with Crippen LogP contribution >= 0.6 is 0 Å². The van der Waals surface area contributed by atoms with Gasteiger partial charge in [-0.2, -0.15) is 0 Å². The molecular weight excluding hydrogens is 258 g/mol. The van der Waals surface area contributed by atoms with Gasteiger partial charge >= 0.3 is 5.97 Å². The zero-order chi connectivity index (χ0) is 15.0. The number of esters is 1. The van der Waals surface area contributed by atoms with Gasteiger partial charge in [0, 0.05) is 0 Å². The van der Waals surface area contributed by atoms with Gasteiger partial charge in [-0.25, -0.2) is 4.79 Å². The van der Waals surface area contributed by atoms with Crippen molar-refractivity contribution in [2.24, 2.45) is 0 Å². The number of hydrogen-bond donors (Lipinski definition) is 1. The smallest absolute Gasteiger partial charge is 0.328 e. The van der Waals surface area contributed by atoms with E-state index in [1.54, 1.807) is 13.8 Å². The molecule has 1 rings (SSSR count). The van der Waals surface area contributed by atoms with E-state index in [2.05, 4.69) is 5.32 Å². The van der Waals surface area contributed by atoms with Crippen LogP contribution in [0, 0.1) is 6.92 Å². The molecule has 1 aromatic rings. The van der Waals surface area contributed by atoms with Crippen molar-refractivity contribution < 1.29 is 19.1 Å². The lowest BCUT2D eigenvalue weighted by Crippen LogP contribution is -2.40. The van der Waals surface area contributed by atoms with Crippen LogP contribution in [-0.4, -0.2) is 31.1 Å². The minimum Gasteiger partial charge on any atom is -0.493 e. The zero-order valence-electron chi connectivity index (χ0n) is 12.1. The molecule has 0 aliphatic heterocycles. The number of ether oxygens (including phenoxy) is 2. The van der Waals surface area contributed by atoms with Crippen LogP contribution in [-0.2, 0) is 14.3 Å². The SMILES string of the molecule is CCOC(=O)C(C)NC(=O)CCOc1ccc(C)cc1. The monoisotopic (exact) mass is 279 g/mol. The number of amides is 1. The van der Waals surface area contributed by atoms with Crippen molar-refractivity contribution >= 4 is 11.9 Å². The highest BCUT2D eigenvalue weighted by Gasteiger charge is 2.16. The Morgan fingerprint density at radius 1 is 1.25 bits per heavy atom. The third-order valence-electron chi connectivity index (χ3n) is 2.64. The van der Waals surface area contributed by atoms with Crippen LogP contribution in [0.25, 0.3) is 0 Å². The Morgan fingerprint density at radius 3 is 2.50 bits per heavy atom. The third-order valence-corrected chi connectivity index (χ3v) is 2.64. The second-order valence-electron chi connectivity index (χ2n) is 4.45. The Morgan fingerprint density at radius 2 is 1.90 bits per heavy atom. The van der Waals surface area contributed by atoms with Gasteiger partial charge in [-0.05, 0) is 32.9 Å². The standard InChI is InChI=1S/C15H21NO4/c1-4-19-15(18)12(3)16-14(17)9-10-20-13-7-5-11(2)6-8-13/h5-8,12H,4,9-10H2,1-3H3,(H,16,17). The highest BCUT2D eigenvalue weighted by atomic mass is 16.5. The number of carbonyl (C=O) groups is 2. The summed E-state index contributed by atoms with van der Waals surface area (Å²) in [6.45, 7) is 5.88. The summed E-state index contributed by atoms with van der Waals surface area (Å²) < 4.78 is 10.2. The number of nitrogens with one attached hydrogen (secondary N) is 1. The minimum atomic E-state index is -0.637. The molecule has 1 unspecified atom stereocenters. The van der Waals surface area contributed by atoms with Crippen LogP contribution < -0.4 is 10.1 Å². The van der Waals surface area contributed by atoms with Crippen LogP contribution in [0.3, 0.4) is 0 Å². The van der Waals surface area contributed by atoms with Crippen LogP contribution in [0.1, 0.15) is 25.8 Å². The van der Waals surface area contributed by atoms with Crippen LogP contribution in [0.15, 0.2) is 24.3 Å². The van der Waals surface area contributed by atoms with Gasteiger partial charge in [0.15, 0.2) is 0 Å². The van der Waals surface area contributed by atoms with Gasteiger partial charge in [0.05, 0.1) is 19.6 Å². The quantitative estimate of drug-likeness (QED) is 0.773. The Balaban J connectivity index is 2.26. The summed E-state index contributed by atoms with van der Waals surface area (Å²) in [6, 6.07) is 6.96. The van der Waals surface area contributed by atoms with Crippen LogP contribution in [0.5, 0.6) is 5.75 Å². The molecule has 0 radical (unpaired) electrons. The second kappa shape index (κ2) is 8.19. The molecule has 5 nitrogen and oxygen atoms in total. The fourth-order valence-electron chi connectivity index (χ4n) is 1.54. The van der Waals surface area contributed by atoms with Gasteiger partial charge < -0.3 is 14.8 Å². The number of benzene rings is 1. The maximum atomic E-state index is 11.6. The fourth-order valence-corrected chi connectivity index (χ4v) is 1.54. The Labute approximate surface area is 119 Å². The molecule has 1 aromatic carbocycles. The molecule has 5 heteroatoms. The van der Waals surface area contributed by atoms with Crippen molar-refractivity contribution in [3.05, 3.63) is 29.8 Å². The molecule has 1 atom stereocenters. The van der Waals surface area contributed by atoms with E-state index in [0.29, 0.717) is 6.61 Å². The lowest BCUT2D eigenvalue weighted by Gasteiger charge is -2.12. The predicted molar refractivity (Wildman–Crippen MR) is 75.5 cm³/mol. The first-order valence-electron chi connectivity index (χ1n) is 6.68. The summed E-state index contributed by atoms with van der Waals surface area (Å²) >= 11 is 0. The fraction of sp³-hybridized carbons (Fsp3) is 0.467. The minimum absolute atomic E-state index is 0.192. The van der Waals surface area contributed by atoms with Gasteiger partial charge in [0.1, 0.15) is 11.8 Å². The van der Waals surface area contributed by atoms with Crippen molar-refractivity contribution in [2.75, 3.05) is 13.2 Å². The highest BCUT2D eigenvalue weighted by molar-refractivity contribution is 5.84. The molecule has 20 heavy (non-hydrogen) atoms. The van der Waals surface area contributed by atoms with Crippen LogP contribution in [0.4, 0.5) is 0 Å². The molecule has 1 N–H and O–H groups in total. The molecule has 0 bridgehead atoms. The van der Waals surface area contributed by atoms with E-state index in [1.807, 2.05) is 31.2 Å². The predicted octanol–water partition coefficient (Wildman–Crippen LogP) is 1.83. The molecule has 0 saturated heterocycles. The average Bonchev–Trinajstić information content (AvgIpc) is 2.41. The molecular formula is C15H21NO4. The van der Waals surface area contributed by atoms with Crippen molar-refractivity contribution in [3.63, 3.8) is 0 Å². The molecule has 110 valence electrons. The largest absolute Gasteiger partial charge is 0.493 e. The number of aryl methyl sites for hydroxylation is 1. The molecule has 1 amide bonds. The Bertz CT molecular complexity index is 442. The highest BCUT2D eigenvalue weighted by Crippen LogP contribution is 2.11. The van der Waals surface area contributed by atoms with Gasteiger partial charge in [0.25, 0.3) is 0 Å². The van der Waals surface area contributed by atoms with Crippen molar-refractivity contribution in [1.29, 1.82) is 0 Å². The van der Waals surface area contributed by atoms with E-state index in [9.17, 15) is 9.59 Å². The molecule has 0 aliphatic rings. The second-order valence-corrected chi connectivity index (χ2v) is 4.45. The lowest BCUT2D eigenvalue weighted by molar-refractivity contribution is -0.146. The number of carbonyl (C=O) groups excluding carboxylic acids is 2. The zero-order valence-corrected chi connectivity index (χ0v) is 12.1. The van der Waals surface area contributed by atoms with E-state index in [4.69, 9.17) is 9.47 Å². The maximum absolute atomic E-state index is 11.6. The van der Waals surface area contributed by atoms with E-state index in [0.717, 1.165) is 11.3 Å². The van der Waals surface area contributed by atoms with Crippen molar-refractivity contribution in [2.45, 2.75) is 33.2 Å². The summed E-state index contributed by atoms with van der Waals surface area (Å²) in [5.41, 5.74) is 1.15. The summed E-state index contributed by atoms with van der Waals surface area (Å²) in [4.78, 5) is 22.9. The first kappa shape index (κ1) is 16.0. The summed E-state index contributed by atoms with van der Waals surface area (Å²) in [5.74, 6) is 0.0554. The van der Waals surface area contributed by atoms with Gasteiger partial charge in [-0.3, -0.25) is 4.79 Å². The molecule has 0 aromatic heterocycles. The topological polar surface area (TPSA) is 64.6 Å². The normalized spacial score (nSPS) is 11.6. The van der Waals surface area contributed by atoms with Gasteiger partial charge in [-0.15, -0.1) is 0 Å². The molecule has 0 fully saturated rings. The Hall–Kier alpha value is -2.04. The maximum Gasteiger partial charge on any atom is 0.328 e. The molecule has 0 saturated carbocycles. The number of hydrogen-bond acceptors (Lipinski definition) is 4. The van der Waals surface area contributed by atoms with E-state index in [1.165, 1.54) is 0 Å². The molecule has 0 heterocycles. The Kier molecular flexibility index (Phi) is 6.56. The first-order valence-corrected chi connectivity index (χ1v) is 6.68. The van der Waals surface area contributed by atoms with E-state index in [-0.39, 0.29) is 18.9 Å². The van der Waals surface area contributed by atoms with Gasteiger partial charge in [0.2, 0.25) is 5.91 Å². The molecule has 0 spiro atoms. The van der Waals surface area contributed by atoms with Crippen molar-refractivity contribution in [1.82, 2.24) is 5.32 Å². The first-order chi connectivity index (χ1) is 9.52. The van der Waals surface area contributed by atoms with E-state index >= 15 is 0 Å². The lowest BCUT2D eigenvalue weighted by atomic mass is 10.2. The van der Waals surface area contributed by atoms with Crippen molar-refractivity contribution in [3.8, 4) is 5.75 Å².